The number of oxime groups is 1. The molecule has 0 radical (unpaired) electrons. The van der Waals surface area contributed by atoms with E-state index in [0.29, 0.717) is 23.0 Å². The van der Waals surface area contributed by atoms with Gasteiger partial charge in [0, 0.05) is 23.0 Å². The number of hydrogen-bond acceptors (Lipinski definition) is 14. The molecule has 4 heterocycles. The van der Waals surface area contributed by atoms with Gasteiger partial charge in [0.2, 0.25) is 16.7 Å². The maximum absolute atomic E-state index is 13.3. The number of nitrogens with one attached hydrogen (secondary N) is 1. The lowest BCUT2D eigenvalue weighted by Gasteiger charge is -2.49. The molecule has 4 N–H and O–H groups in total. The van der Waals surface area contributed by atoms with Gasteiger partial charge >= 0.3 is 5.97 Å². The van der Waals surface area contributed by atoms with Crippen molar-refractivity contribution in [2.75, 3.05) is 17.2 Å². The molecule has 18 heteroatoms. The zero-order chi connectivity index (χ0) is 28.2. The number of amides is 2. The Morgan fingerprint density at radius 1 is 1.43 bits per heavy atom. The number of allylic oxidation sites excluding steroid dienone is 2. The number of carboxylic acids is 1. The first kappa shape index (κ1) is 27.8. The van der Waals surface area contributed by atoms with Crippen LogP contribution in [-0.4, -0.2) is 92.1 Å². The van der Waals surface area contributed by atoms with Gasteiger partial charge in [0.25, 0.3) is 11.8 Å². The van der Waals surface area contributed by atoms with Crippen molar-refractivity contribution in [3.63, 3.8) is 0 Å². The maximum atomic E-state index is 13.3. The van der Waals surface area contributed by atoms with Gasteiger partial charge < -0.3 is 21.0 Å². The molecule has 2 aliphatic heterocycles. The fourth-order valence-electron chi connectivity index (χ4n) is 4.20. The first-order chi connectivity index (χ1) is 19.4. The minimum absolute atomic E-state index is 0.0241. The normalized spacial score (nSPS) is 22.5. The molecule has 0 aromatic carbocycles. The van der Waals surface area contributed by atoms with Crippen molar-refractivity contribution >= 4 is 63.7 Å². The Bertz CT molecular complexity index is 1420. The lowest BCUT2D eigenvalue weighted by atomic mass is 10.0. The van der Waals surface area contributed by atoms with Crippen LogP contribution in [0.15, 0.2) is 46.4 Å². The molecular formula is C22H24N10O5S3. The van der Waals surface area contributed by atoms with Gasteiger partial charge in [-0.1, -0.05) is 29.1 Å². The number of aromatic nitrogens is 6. The number of rotatable bonds is 11. The van der Waals surface area contributed by atoms with E-state index < -0.39 is 29.2 Å². The smallest absolute Gasteiger partial charge is 0.352 e. The Balaban J connectivity index is 1.30. The first-order valence-electron chi connectivity index (χ1n) is 12.1. The van der Waals surface area contributed by atoms with Crippen molar-refractivity contribution < 1.29 is 24.3 Å². The second-order valence-electron chi connectivity index (χ2n) is 8.74. The van der Waals surface area contributed by atoms with E-state index >= 15 is 0 Å². The van der Waals surface area contributed by atoms with E-state index in [9.17, 15) is 19.5 Å². The van der Waals surface area contributed by atoms with E-state index in [4.69, 9.17) is 10.6 Å². The van der Waals surface area contributed by atoms with Crippen molar-refractivity contribution in [2.24, 2.45) is 5.16 Å². The van der Waals surface area contributed by atoms with E-state index in [1.807, 2.05) is 12.2 Å². The van der Waals surface area contributed by atoms with E-state index in [-0.39, 0.29) is 34.2 Å². The molecule has 0 spiro atoms. The molecule has 0 saturated carbocycles. The molecule has 15 nitrogen and oxygen atoms in total. The first-order valence-corrected chi connectivity index (χ1v) is 14.9. The van der Waals surface area contributed by atoms with Crippen LogP contribution in [0.4, 0.5) is 5.13 Å². The van der Waals surface area contributed by atoms with Crippen LogP contribution in [0, 0.1) is 0 Å². The van der Waals surface area contributed by atoms with Crippen molar-refractivity contribution in [3.05, 3.63) is 41.9 Å². The Morgan fingerprint density at radius 3 is 2.98 bits per heavy atom. The summed E-state index contributed by atoms with van der Waals surface area (Å²) in [4.78, 5) is 49.4. The van der Waals surface area contributed by atoms with Crippen LogP contribution in [0.5, 0.6) is 0 Å². The summed E-state index contributed by atoms with van der Waals surface area (Å²) in [5.74, 6) is -1.94. The minimum atomic E-state index is -1.23. The number of carbonyl (C=O) groups is 3. The highest BCUT2D eigenvalue weighted by Gasteiger charge is 2.54. The molecule has 0 bridgehead atoms. The Kier molecular flexibility index (Phi) is 8.46. The number of aliphatic carboxylic acids is 1. The van der Waals surface area contributed by atoms with Crippen LogP contribution in [0.25, 0.3) is 0 Å². The average molecular weight is 605 g/mol. The number of carboxylic acid groups (broad SMARTS) is 1. The van der Waals surface area contributed by atoms with Crippen LogP contribution >= 0.6 is 35.1 Å². The number of thioether (sulfide) groups is 2. The summed E-state index contributed by atoms with van der Waals surface area (Å²) in [6, 6.07) is -0.975. The monoisotopic (exact) mass is 604 g/mol. The molecule has 3 aliphatic rings. The highest BCUT2D eigenvalue weighted by molar-refractivity contribution is 8.01. The molecule has 5 rings (SSSR count). The average Bonchev–Trinajstić information content (AvgIpc) is 3.59. The third kappa shape index (κ3) is 5.73. The minimum Gasteiger partial charge on any atom is -0.477 e. The second kappa shape index (κ2) is 12.2. The number of nitrogen functional groups attached to an aromatic ring is 1. The molecule has 210 valence electrons. The largest absolute Gasteiger partial charge is 0.477 e. The second-order valence-corrected chi connectivity index (χ2v) is 11.6. The zero-order valence-corrected chi connectivity index (χ0v) is 23.3. The van der Waals surface area contributed by atoms with Gasteiger partial charge in [-0.05, 0) is 41.3 Å². The van der Waals surface area contributed by atoms with Crippen molar-refractivity contribution in [1.82, 2.24) is 39.8 Å². The number of fused-ring (bicyclic) bond motifs is 1. The highest BCUT2D eigenvalue weighted by atomic mass is 32.2. The lowest BCUT2D eigenvalue weighted by Crippen LogP contribution is -2.71. The van der Waals surface area contributed by atoms with Crippen molar-refractivity contribution in [3.8, 4) is 0 Å². The summed E-state index contributed by atoms with van der Waals surface area (Å²) in [7, 11) is 0. The number of carbonyl (C=O) groups excluding carboxylic acids is 2. The number of tetrazole rings is 1. The maximum Gasteiger partial charge on any atom is 0.352 e. The fourth-order valence-corrected chi connectivity index (χ4v) is 7.00. The predicted octanol–water partition coefficient (Wildman–Crippen LogP) is 0.653. The van der Waals surface area contributed by atoms with Crippen LogP contribution in [-0.2, 0) is 25.8 Å². The molecule has 2 aromatic heterocycles. The quantitative estimate of drug-likeness (QED) is 0.106. The molecule has 1 fully saturated rings. The number of nitrogens with zero attached hydrogens (tertiary/aromatic N) is 8. The molecule has 3 unspecified atom stereocenters. The molecule has 1 saturated heterocycles. The third-order valence-corrected chi connectivity index (χ3v) is 9.00. The standard InChI is InChI=1S/C22H24N10O5S3/c1-2-8-31-22(26-29-30-31)39-10-11-9-38-19-14(18(34)32(19)15(11)20(35)36)24-17(33)13(16-25-21(23)40-28-16)27-37-12-6-4-3-5-7-12/h2,4,6,12,14,19H,1,3,5,7-10H2,(H,24,33)(H,35,36)(H2,23,25,28)/b27-13+. The van der Waals surface area contributed by atoms with Gasteiger partial charge in [-0.25, -0.2) is 9.48 Å². The zero-order valence-electron chi connectivity index (χ0n) is 20.9. The van der Waals surface area contributed by atoms with Gasteiger partial charge in [-0.15, -0.1) is 23.4 Å². The van der Waals surface area contributed by atoms with Gasteiger partial charge in [0.15, 0.2) is 5.13 Å². The van der Waals surface area contributed by atoms with E-state index in [1.54, 1.807) is 6.08 Å². The Hall–Kier alpha value is -3.77. The molecule has 1 aliphatic carbocycles. The summed E-state index contributed by atoms with van der Waals surface area (Å²) >= 11 is 3.50. The lowest BCUT2D eigenvalue weighted by molar-refractivity contribution is -0.150. The van der Waals surface area contributed by atoms with Crippen molar-refractivity contribution in [1.29, 1.82) is 0 Å². The Labute approximate surface area is 240 Å². The van der Waals surface area contributed by atoms with Gasteiger partial charge in [-0.3, -0.25) is 14.5 Å². The molecule has 40 heavy (non-hydrogen) atoms. The van der Waals surface area contributed by atoms with Gasteiger partial charge in [0.1, 0.15) is 23.2 Å². The van der Waals surface area contributed by atoms with Crippen LogP contribution in [0.1, 0.15) is 25.1 Å². The SMILES string of the molecule is C=CCn1nnnc1SCC1=C(C(=O)O)N2C(=O)C(NC(=O)/C(=N/OC3C=CCCC3)c3nsc(N)n3)C2SC1. The van der Waals surface area contributed by atoms with Crippen molar-refractivity contribution in [2.45, 2.75) is 48.5 Å². The van der Waals surface area contributed by atoms with E-state index in [0.717, 1.165) is 30.8 Å². The van der Waals surface area contributed by atoms with E-state index in [2.05, 4.69) is 41.9 Å². The van der Waals surface area contributed by atoms with Crippen LogP contribution in [0.3, 0.4) is 0 Å². The summed E-state index contributed by atoms with van der Waals surface area (Å²) in [6.07, 6.45) is 7.80. The molecule has 2 amide bonds. The summed E-state index contributed by atoms with van der Waals surface area (Å²) in [6.45, 7) is 4.07. The van der Waals surface area contributed by atoms with Gasteiger partial charge in [0.05, 0.1) is 6.54 Å². The van der Waals surface area contributed by atoms with Crippen LogP contribution in [0.2, 0.25) is 0 Å². The fraction of sp³-hybridized carbons (Fsp3) is 0.409. The Morgan fingerprint density at radius 2 is 2.27 bits per heavy atom. The molecule has 3 atom stereocenters. The highest BCUT2D eigenvalue weighted by Crippen LogP contribution is 2.41. The summed E-state index contributed by atoms with van der Waals surface area (Å²) in [5.41, 5.74) is 5.92. The summed E-state index contributed by atoms with van der Waals surface area (Å²) < 4.78 is 5.60. The molecular weight excluding hydrogens is 581 g/mol. The number of anilines is 1. The summed E-state index contributed by atoms with van der Waals surface area (Å²) in [5, 5.41) is 28.1. The van der Waals surface area contributed by atoms with E-state index in [1.165, 1.54) is 33.1 Å². The number of hydrogen-bond donors (Lipinski definition) is 3. The predicted molar refractivity (Wildman–Crippen MR) is 147 cm³/mol. The molecule has 2 aromatic rings. The number of β-lactam (4-membered cyclic amide) rings is 1. The topological polar surface area (TPSA) is 204 Å². The van der Waals surface area contributed by atoms with Crippen LogP contribution < -0.4 is 11.1 Å². The number of nitrogens with two attached hydrogens (primary N) is 1. The third-order valence-electron chi connectivity index (χ3n) is 6.07. The van der Waals surface area contributed by atoms with Gasteiger partial charge in [-0.2, -0.15) is 9.36 Å².